The first-order valence-electron chi connectivity index (χ1n) is 23.3. The average Bonchev–Trinajstić information content (AvgIpc) is 4.13. The Morgan fingerprint density at radius 2 is 0.884 bits per heavy atom. The predicted octanol–water partition coefficient (Wildman–Crippen LogP) is 15.6. The minimum Gasteiger partial charge on any atom is -0.295 e. The molecule has 0 aliphatic carbocycles. The highest BCUT2D eigenvalue weighted by molar-refractivity contribution is 6.24. The van der Waals surface area contributed by atoms with Crippen molar-refractivity contribution in [1.29, 1.82) is 0 Å². The molecule has 0 aliphatic rings. The van der Waals surface area contributed by atoms with E-state index in [0.717, 1.165) is 105 Å². The summed E-state index contributed by atoms with van der Waals surface area (Å²) in [5.74, 6) is 1.56. The number of rotatable bonds is 9. The molecule has 13 rings (SSSR count). The highest BCUT2D eigenvalue weighted by atomic mass is 15.3. The van der Waals surface area contributed by atoms with Crippen molar-refractivity contribution in [3.8, 4) is 51.2 Å². The van der Waals surface area contributed by atoms with Crippen LogP contribution in [0, 0.1) is 0 Å². The molecule has 7 heteroatoms. The van der Waals surface area contributed by atoms with Crippen LogP contribution in [-0.2, 0) is 0 Å². The van der Waals surface area contributed by atoms with Crippen LogP contribution >= 0.6 is 0 Å². The van der Waals surface area contributed by atoms with E-state index >= 15 is 0 Å². The Labute approximate surface area is 398 Å². The molecule has 0 unspecified atom stereocenters. The molecule has 0 aliphatic heterocycles. The summed E-state index contributed by atoms with van der Waals surface area (Å²) in [5, 5.41) is 6.70. The van der Waals surface area contributed by atoms with E-state index in [1.807, 2.05) is 24.3 Å². The minimum absolute atomic E-state index is 0.496. The van der Waals surface area contributed by atoms with Crippen molar-refractivity contribution < 1.29 is 0 Å². The summed E-state index contributed by atoms with van der Waals surface area (Å²) in [4.78, 5) is 16.6. The number of aromatic nitrogens is 7. The second kappa shape index (κ2) is 16.2. The van der Waals surface area contributed by atoms with Gasteiger partial charge in [0.25, 0.3) is 0 Å². The van der Waals surface area contributed by atoms with Gasteiger partial charge in [0.2, 0.25) is 11.9 Å². The van der Waals surface area contributed by atoms with Crippen LogP contribution in [0.4, 0.5) is 0 Å². The Kier molecular flexibility index (Phi) is 9.40. The molecule has 0 saturated carbocycles. The molecular weight excluding hydrogens is 843 g/mol. The summed E-state index contributed by atoms with van der Waals surface area (Å²) in [5.41, 5.74) is 13.5. The Bertz CT molecular complexity index is 4190. The van der Waals surface area contributed by atoms with E-state index in [9.17, 15) is 0 Å². The SMILES string of the molecule is C=C/C=C(\C=C/C)n1c2cc(-c3ccccc3)ccc2c2c3ccccc3n(-c3nc(-c4ccccc4)nc(-n4c5ccccc5c5c6ccc(-c7ccccc7)cc6n(-c6ccccc6)c54)n3)c21. The lowest BCUT2D eigenvalue weighted by molar-refractivity contribution is 0.876. The first-order chi connectivity index (χ1) is 34.2. The van der Waals surface area contributed by atoms with Gasteiger partial charge in [0.15, 0.2) is 5.82 Å². The molecular formula is C62H43N7. The molecule has 13 aromatic rings. The standard InChI is InChI=1S/C62H43N7/c1-3-21-46(22-4-2)66-54-39-44(41-23-9-5-10-24-41)35-37-50(54)56-48-31-17-19-33-52(48)68(59(56)66)61-63-58(43-27-13-7-14-28-43)64-62(65-61)69-53-34-20-18-32-49(53)57-51-38-36-45(42-25-11-6-12-26-42)40-55(51)67(60(57)69)47-29-15-8-16-30-47/h3-40H,1H2,2H3/b22-4-,46-21+. The van der Waals surface area contributed by atoms with E-state index in [-0.39, 0.29) is 0 Å². The molecule has 7 nitrogen and oxygen atoms in total. The lowest BCUT2D eigenvalue weighted by atomic mass is 10.0. The number of hydrogen-bond acceptors (Lipinski definition) is 3. The van der Waals surface area contributed by atoms with Crippen molar-refractivity contribution >= 4 is 71.4 Å². The van der Waals surface area contributed by atoms with Crippen LogP contribution in [0.5, 0.6) is 0 Å². The second-order valence-corrected chi connectivity index (χ2v) is 17.3. The third kappa shape index (κ3) is 6.32. The number of fused-ring (bicyclic) bond motifs is 10. The lowest BCUT2D eigenvalue weighted by Gasteiger charge is -2.16. The van der Waals surface area contributed by atoms with E-state index in [1.165, 1.54) is 0 Å². The van der Waals surface area contributed by atoms with Crippen molar-refractivity contribution in [3.63, 3.8) is 0 Å². The lowest BCUT2D eigenvalue weighted by Crippen LogP contribution is -2.12. The van der Waals surface area contributed by atoms with Crippen molar-refractivity contribution in [3.05, 3.63) is 237 Å². The van der Waals surface area contributed by atoms with Gasteiger partial charge in [-0.1, -0.05) is 189 Å². The summed E-state index contributed by atoms with van der Waals surface area (Å²) in [6.45, 7) is 6.22. The Hall–Kier alpha value is -9.33. The van der Waals surface area contributed by atoms with Gasteiger partial charge < -0.3 is 0 Å². The molecule has 0 N–H and O–H groups in total. The average molecular weight is 886 g/mol. The molecule has 5 aromatic heterocycles. The number of allylic oxidation sites excluding steroid dienone is 5. The van der Waals surface area contributed by atoms with Gasteiger partial charge in [-0.05, 0) is 77.7 Å². The van der Waals surface area contributed by atoms with Crippen LogP contribution in [0.1, 0.15) is 6.92 Å². The minimum atomic E-state index is 0.496. The number of para-hydroxylation sites is 3. The largest absolute Gasteiger partial charge is 0.295 e. The Morgan fingerprint density at radius 3 is 1.45 bits per heavy atom. The van der Waals surface area contributed by atoms with Crippen LogP contribution in [0.15, 0.2) is 237 Å². The van der Waals surface area contributed by atoms with Crippen LogP contribution in [0.25, 0.3) is 123 Å². The molecule has 0 amide bonds. The third-order valence-electron chi connectivity index (χ3n) is 13.3. The number of nitrogens with zero attached hydrogens (tertiary/aromatic N) is 7. The van der Waals surface area contributed by atoms with E-state index in [2.05, 4.69) is 238 Å². The maximum absolute atomic E-state index is 5.66. The van der Waals surface area contributed by atoms with E-state index < -0.39 is 0 Å². The van der Waals surface area contributed by atoms with Crippen molar-refractivity contribution in [2.75, 3.05) is 0 Å². The van der Waals surface area contributed by atoms with Gasteiger partial charge in [-0.25, -0.2) is 0 Å². The Balaban J connectivity index is 1.18. The fourth-order valence-corrected chi connectivity index (χ4v) is 10.4. The van der Waals surface area contributed by atoms with Crippen molar-refractivity contribution in [1.82, 2.24) is 33.2 Å². The van der Waals surface area contributed by atoms with E-state index in [4.69, 9.17) is 15.0 Å². The van der Waals surface area contributed by atoms with Gasteiger partial charge in [-0.15, -0.1) is 0 Å². The van der Waals surface area contributed by atoms with Crippen LogP contribution < -0.4 is 0 Å². The molecule has 0 radical (unpaired) electrons. The molecule has 5 heterocycles. The third-order valence-corrected chi connectivity index (χ3v) is 13.3. The first kappa shape index (κ1) is 40.0. The summed E-state index contributed by atoms with van der Waals surface area (Å²) in [6, 6.07) is 72.8. The first-order valence-corrected chi connectivity index (χ1v) is 23.3. The summed E-state index contributed by atoms with van der Waals surface area (Å²) in [6.07, 6.45) is 8.14. The zero-order valence-electron chi connectivity index (χ0n) is 37.8. The van der Waals surface area contributed by atoms with Gasteiger partial charge >= 0.3 is 0 Å². The van der Waals surface area contributed by atoms with Gasteiger partial charge in [0, 0.05) is 49.3 Å². The summed E-state index contributed by atoms with van der Waals surface area (Å²) < 4.78 is 9.18. The van der Waals surface area contributed by atoms with E-state index in [1.54, 1.807) is 0 Å². The molecule has 0 spiro atoms. The van der Waals surface area contributed by atoms with E-state index in [0.29, 0.717) is 17.7 Å². The molecule has 8 aromatic carbocycles. The second-order valence-electron chi connectivity index (χ2n) is 17.3. The summed E-state index contributed by atoms with van der Waals surface area (Å²) in [7, 11) is 0. The zero-order chi connectivity index (χ0) is 46.0. The van der Waals surface area contributed by atoms with Crippen LogP contribution in [0.3, 0.4) is 0 Å². The summed E-state index contributed by atoms with van der Waals surface area (Å²) >= 11 is 0. The van der Waals surface area contributed by atoms with Crippen molar-refractivity contribution in [2.45, 2.75) is 6.92 Å². The Morgan fingerprint density at radius 1 is 0.420 bits per heavy atom. The molecule has 0 fully saturated rings. The normalized spacial score (nSPS) is 12.2. The fourth-order valence-electron chi connectivity index (χ4n) is 10.4. The maximum Gasteiger partial charge on any atom is 0.241 e. The van der Waals surface area contributed by atoms with Gasteiger partial charge in [-0.3, -0.25) is 18.3 Å². The van der Waals surface area contributed by atoms with Gasteiger partial charge in [-0.2, -0.15) is 15.0 Å². The molecule has 0 atom stereocenters. The van der Waals surface area contributed by atoms with Crippen molar-refractivity contribution in [2.24, 2.45) is 0 Å². The molecule has 0 saturated heterocycles. The van der Waals surface area contributed by atoms with Crippen LogP contribution in [-0.4, -0.2) is 33.2 Å². The fraction of sp³-hybridized carbons (Fsp3) is 0.0161. The topological polar surface area (TPSA) is 58.4 Å². The number of benzene rings is 8. The van der Waals surface area contributed by atoms with Crippen LogP contribution in [0.2, 0.25) is 0 Å². The number of hydrogen-bond donors (Lipinski definition) is 0. The molecule has 326 valence electrons. The smallest absolute Gasteiger partial charge is 0.241 e. The highest BCUT2D eigenvalue weighted by Crippen LogP contribution is 2.44. The quantitative estimate of drug-likeness (QED) is 0.136. The maximum atomic E-state index is 5.66. The predicted molar refractivity (Wildman–Crippen MR) is 286 cm³/mol. The molecule has 69 heavy (non-hydrogen) atoms. The highest BCUT2D eigenvalue weighted by Gasteiger charge is 2.28. The van der Waals surface area contributed by atoms with Gasteiger partial charge in [0.05, 0.1) is 22.1 Å². The monoisotopic (exact) mass is 885 g/mol. The molecule has 0 bridgehead atoms. The van der Waals surface area contributed by atoms with Gasteiger partial charge in [0.1, 0.15) is 11.3 Å². The zero-order valence-corrected chi connectivity index (χ0v) is 37.8.